The molecule has 26 heavy (non-hydrogen) atoms. The molecule has 0 N–H and O–H groups in total. The maximum atomic E-state index is 11.4. The van der Waals surface area contributed by atoms with E-state index in [9.17, 15) is 4.79 Å². The first kappa shape index (κ1) is 21.5. The van der Waals surface area contributed by atoms with Crippen LogP contribution >= 0.6 is 0 Å². The third kappa shape index (κ3) is 6.40. The number of methoxy groups -OCH3 is 1. The maximum Gasteiger partial charge on any atom is 0.330 e. The molecule has 0 radical (unpaired) electrons. The number of carbonyl (C=O) groups is 1. The first-order valence-electron chi connectivity index (χ1n) is 8.83. The zero-order valence-electron chi connectivity index (χ0n) is 17.0. The molecule has 0 aromatic heterocycles. The Morgan fingerprint density at radius 3 is 2.38 bits per heavy atom. The number of aryl methyl sites for hydroxylation is 1. The molecular formula is C23H30O3. The summed E-state index contributed by atoms with van der Waals surface area (Å²) in [6.45, 7) is 12.4. The highest BCUT2D eigenvalue weighted by Crippen LogP contribution is 2.28. The second kappa shape index (κ2) is 10.4. The fourth-order valence-corrected chi connectivity index (χ4v) is 2.57. The lowest BCUT2D eigenvalue weighted by Crippen LogP contribution is -1.99. The second-order valence-corrected chi connectivity index (χ2v) is 6.30. The Kier molecular flexibility index (Phi) is 8.63. The standard InChI is InChI=1S/C23H30O3/c1-8-26-23(24)14-17(3)11-9-10-16(2)12-13-21-18(4)15-22(25-7)20(6)19(21)5/h9-15H,8H2,1-7H3/b11-9+,13-12-,16-10+,17-14-. The average Bonchev–Trinajstić information content (AvgIpc) is 2.58. The topological polar surface area (TPSA) is 35.5 Å². The molecule has 0 aliphatic heterocycles. The van der Waals surface area contributed by atoms with Gasteiger partial charge in [0.25, 0.3) is 0 Å². The lowest BCUT2D eigenvalue weighted by Gasteiger charge is -2.13. The lowest BCUT2D eigenvalue weighted by molar-refractivity contribution is -0.137. The van der Waals surface area contributed by atoms with Crippen LogP contribution in [0.3, 0.4) is 0 Å². The maximum absolute atomic E-state index is 11.4. The van der Waals surface area contributed by atoms with Gasteiger partial charge in [0, 0.05) is 6.08 Å². The predicted molar refractivity (Wildman–Crippen MR) is 110 cm³/mol. The van der Waals surface area contributed by atoms with Crippen LogP contribution in [0.15, 0.2) is 47.6 Å². The molecule has 0 saturated carbocycles. The molecule has 0 aliphatic carbocycles. The molecule has 1 aromatic carbocycles. The number of carbonyl (C=O) groups excluding carboxylic acids is 1. The Bertz CT molecular complexity index is 762. The van der Waals surface area contributed by atoms with Crippen molar-refractivity contribution in [2.75, 3.05) is 13.7 Å². The van der Waals surface area contributed by atoms with E-state index in [-0.39, 0.29) is 5.97 Å². The van der Waals surface area contributed by atoms with Crippen molar-refractivity contribution in [1.82, 2.24) is 0 Å². The number of ether oxygens (including phenoxy) is 2. The van der Waals surface area contributed by atoms with Gasteiger partial charge in [-0.3, -0.25) is 0 Å². The van der Waals surface area contributed by atoms with Crippen LogP contribution in [0.4, 0.5) is 0 Å². The van der Waals surface area contributed by atoms with Crippen molar-refractivity contribution in [2.45, 2.75) is 41.5 Å². The second-order valence-electron chi connectivity index (χ2n) is 6.30. The van der Waals surface area contributed by atoms with E-state index >= 15 is 0 Å². The molecule has 0 heterocycles. The Morgan fingerprint density at radius 2 is 1.77 bits per heavy atom. The molecule has 3 nitrogen and oxygen atoms in total. The fraction of sp³-hybridized carbons (Fsp3) is 0.348. The number of rotatable bonds is 7. The van der Waals surface area contributed by atoms with E-state index in [4.69, 9.17) is 9.47 Å². The quantitative estimate of drug-likeness (QED) is 0.361. The minimum Gasteiger partial charge on any atom is -0.496 e. The van der Waals surface area contributed by atoms with E-state index in [0.29, 0.717) is 6.61 Å². The highest BCUT2D eigenvalue weighted by molar-refractivity contribution is 5.83. The number of hydrogen-bond donors (Lipinski definition) is 0. The van der Waals surface area contributed by atoms with Gasteiger partial charge in [-0.25, -0.2) is 4.79 Å². The van der Waals surface area contributed by atoms with Gasteiger partial charge in [0.05, 0.1) is 13.7 Å². The zero-order valence-corrected chi connectivity index (χ0v) is 17.0. The molecule has 1 aromatic rings. The molecular weight excluding hydrogens is 324 g/mol. The summed E-state index contributed by atoms with van der Waals surface area (Å²) in [5, 5.41) is 0. The molecule has 0 spiro atoms. The van der Waals surface area contributed by atoms with Gasteiger partial charge >= 0.3 is 5.97 Å². The first-order valence-corrected chi connectivity index (χ1v) is 8.83. The van der Waals surface area contributed by atoms with Gasteiger partial charge in [0.2, 0.25) is 0 Å². The smallest absolute Gasteiger partial charge is 0.330 e. The monoisotopic (exact) mass is 354 g/mol. The third-order valence-electron chi connectivity index (χ3n) is 4.19. The van der Waals surface area contributed by atoms with Gasteiger partial charge in [-0.15, -0.1) is 0 Å². The van der Waals surface area contributed by atoms with Gasteiger partial charge in [-0.2, -0.15) is 0 Å². The highest BCUT2D eigenvalue weighted by Gasteiger charge is 2.08. The van der Waals surface area contributed by atoms with Gasteiger partial charge in [-0.05, 0) is 75.4 Å². The molecule has 0 amide bonds. The third-order valence-corrected chi connectivity index (χ3v) is 4.19. The number of hydrogen-bond acceptors (Lipinski definition) is 3. The van der Waals surface area contributed by atoms with E-state index in [1.807, 2.05) is 32.1 Å². The Hall–Kier alpha value is -2.55. The van der Waals surface area contributed by atoms with E-state index in [1.165, 1.54) is 28.3 Å². The Balaban J connectivity index is 2.89. The molecule has 0 saturated heterocycles. The Labute approximate surface area is 157 Å². The summed E-state index contributed by atoms with van der Waals surface area (Å²) >= 11 is 0. The molecule has 140 valence electrons. The van der Waals surface area contributed by atoms with Crippen LogP contribution in [0.2, 0.25) is 0 Å². The minimum absolute atomic E-state index is 0.309. The van der Waals surface area contributed by atoms with Crippen molar-refractivity contribution in [3.63, 3.8) is 0 Å². The van der Waals surface area contributed by atoms with Gasteiger partial charge in [0.15, 0.2) is 0 Å². The van der Waals surface area contributed by atoms with Crippen LogP contribution in [-0.2, 0) is 9.53 Å². The summed E-state index contributed by atoms with van der Waals surface area (Å²) < 4.78 is 10.3. The summed E-state index contributed by atoms with van der Waals surface area (Å²) in [6, 6.07) is 2.07. The van der Waals surface area contributed by atoms with E-state index in [1.54, 1.807) is 14.0 Å². The largest absolute Gasteiger partial charge is 0.496 e. The zero-order chi connectivity index (χ0) is 19.7. The molecule has 0 fully saturated rings. The highest BCUT2D eigenvalue weighted by atomic mass is 16.5. The van der Waals surface area contributed by atoms with Crippen LogP contribution in [0.1, 0.15) is 43.0 Å². The van der Waals surface area contributed by atoms with E-state index in [0.717, 1.165) is 16.9 Å². The van der Waals surface area contributed by atoms with E-state index in [2.05, 4.69) is 39.0 Å². The van der Waals surface area contributed by atoms with Crippen molar-refractivity contribution >= 4 is 12.0 Å². The predicted octanol–water partition coefficient (Wildman–Crippen LogP) is 5.65. The molecule has 1 rings (SSSR count). The summed E-state index contributed by atoms with van der Waals surface area (Å²) in [7, 11) is 1.70. The van der Waals surface area contributed by atoms with Gasteiger partial charge < -0.3 is 9.47 Å². The molecule has 0 atom stereocenters. The molecule has 0 bridgehead atoms. The van der Waals surface area contributed by atoms with Gasteiger partial charge in [-0.1, -0.05) is 36.0 Å². The normalized spacial score (nSPS) is 12.9. The summed E-state index contributed by atoms with van der Waals surface area (Å²) in [5.74, 6) is 0.618. The lowest BCUT2D eigenvalue weighted by atomic mass is 9.96. The number of benzene rings is 1. The van der Waals surface area contributed by atoms with Crippen molar-refractivity contribution < 1.29 is 14.3 Å². The summed E-state index contributed by atoms with van der Waals surface area (Å²) in [6.07, 6.45) is 11.6. The van der Waals surface area contributed by atoms with Crippen molar-refractivity contribution in [1.29, 1.82) is 0 Å². The van der Waals surface area contributed by atoms with Crippen molar-refractivity contribution in [2.24, 2.45) is 0 Å². The average molecular weight is 354 g/mol. The van der Waals surface area contributed by atoms with Crippen LogP contribution < -0.4 is 4.74 Å². The van der Waals surface area contributed by atoms with Crippen molar-refractivity contribution in [3.05, 3.63) is 69.8 Å². The van der Waals surface area contributed by atoms with Crippen LogP contribution in [0.25, 0.3) is 6.08 Å². The molecule has 0 unspecified atom stereocenters. The molecule has 3 heteroatoms. The first-order chi connectivity index (χ1) is 12.3. The SMILES string of the molecule is CCOC(=O)\C=C(C)/C=C/C=C(C)/C=C\c1c(C)cc(OC)c(C)c1C. The van der Waals surface area contributed by atoms with Crippen LogP contribution in [0, 0.1) is 20.8 Å². The number of allylic oxidation sites excluding steroid dienone is 6. The van der Waals surface area contributed by atoms with Crippen molar-refractivity contribution in [3.8, 4) is 5.75 Å². The van der Waals surface area contributed by atoms with Gasteiger partial charge in [0.1, 0.15) is 5.75 Å². The summed E-state index contributed by atoms with van der Waals surface area (Å²) in [5.41, 5.74) is 6.79. The summed E-state index contributed by atoms with van der Waals surface area (Å²) in [4.78, 5) is 11.4. The number of esters is 1. The minimum atomic E-state index is -0.309. The van der Waals surface area contributed by atoms with Crippen LogP contribution in [-0.4, -0.2) is 19.7 Å². The van der Waals surface area contributed by atoms with E-state index < -0.39 is 0 Å². The molecule has 0 aliphatic rings. The Morgan fingerprint density at radius 1 is 1.08 bits per heavy atom. The van der Waals surface area contributed by atoms with Crippen LogP contribution in [0.5, 0.6) is 5.75 Å². The fourth-order valence-electron chi connectivity index (χ4n) is 2.57.